The Balaban J connectivity index is 2.75. The molecule has 3 heteroatoms. The summed E-state index contributed by atoms with van der Waals surface area (Å²) in [5.74, 6) is 1.13. The zero-order valence-electron chi connectivity index (χ0n) is 7.01. The summed E-state index contributed by atoms with van der Waals surface area (Å²) in [7, 11) is 0. The average Bonchev–Trinajstić information content (AvgIpc) is 2.07. The van der Waals surface area contributed by atoms with Crippen molar-refractivity contribution in [1.29, 1.82) is 0 Å². The number of hydrogen-bond acceptors (Lipinski definition) is 2. The minimum absolute atomic E-state index is 0.872. The molecule has 0 heterocycles. The number of thioether (sulfide) groups is 1. The minimum Gasteiger partial charge on any atom is -0.398 e. The monoisotopic (exact) mass is 245 g/mol. The quantitative estimate of drug-likeness (QED) is 0.652. The number of rotatable bonds is 3. The van der Waals surface area contributed by atoms with Crippen molar-refractivity contribution in [2.75, 3.05) is 11.5 Å². The lowest BCUT2D eigenvalue weighted by Crippen LogP contribution is -1.88. The standard InChI is InChI=1S/C9H12BrNS/c1-2-5-12-9-6-7(10)3-4-8(9)11/h3-4,6H,2,5,11H2,1H3. The van der Waals surface area contributed by atoms with Crippen LogP contribution in [0.25, 0.3) is 0 Å². The van der Waals surface area contributed by atoms with Crippen LogP contribution >= 0.6 is 27.7 Å². The van der Waals surface area contributed by atoms with Gasteiger partial charge in [0.15, 0.2) is 0 Å². The van der Waals surface area contributed by atoms with Gasteiger partial charge in [-0.2, -0.15) is 0 Å². The van der Waals surface area contributed by atoms with Crippen LogP contribution in [0.1, 0.15) is 13.3 Å². The summed E-state index contributed by atoms with van der Waals surface area (Å²) < 4.78 is 1.09. The van der Waals surface area contributed by atoms with Gasteiger partial charge in [0, 0.05) is 15.1 Å². The molecule has 2 N–H and O–H groups in total. The predicted octanol–water partition coefficient (Wildman–Crippen LogP) is 3.53. The van der Waals surface area contributed by atoms with Crippen LogP contribution < -0.4 is 5.73 Å². The first kappa shape index (κ1) is 9.93. The van der Waals surface area contributed by atoms with Crippen molar-refractivity contribution in [3.05, 3.63) is 22.7 Å². The highest BCUT2D eigenvalue weighted by molar-refractivity contribution is 9.10. The molecule has 66 valence electrons. The van der Waals surface area contributed by atoms with Gasteiger partial charge in [0.2, 0.25) is 0 Å². The van der Waals surface area contributed by atoms with Crippen LogP contribution in [-0.2, 0) is 0 Å². The Morgan fingerprint density at radius 3 is 2.92 bits per heavy atom. The molecular weight excluding hydrogens is 234 g/mol. The van der Waals surface area contributed by atoms with Crippen LogP contribution in [-0.4, -0.2) is 5.75 Å². The molecular formula is C9H12BrNS. The van der Waals surface area contributed by atoms with Gasteiger partial charge in [0.1, 0.15) is 0 Å². The highest BCUT2D eigenvalue weighted by atomic mass is 79.9. The molecule has 12 heavy (non-hydrogen) atoms. The first-order valence-corrected chi connectivity index (χ1v) is 5.69. The van der Waals surface area contributed by atoms with E-state index in [4.69, 9.17) is 5.73 Å². The second kappa shape index (κ2) is 4.77. The van der Waals surface area contributed by atoms with E-state index in [0.717, 1.165) is 15.9 Å². The van der Waals surface area contributed by atoms with Crippen molar-refractivity contribution in [3.8, 4) is 0 Å². The largest absolute Gasteiger partial charge is 0.398 e. The fourth-order valence-corrected chi connectivity index (χ4v) is 2.23. The van der Waals surface area contributed by atoms with Crippen LogP contribution in [0, 0.1) is 0 Å². The van der Waals surface area contributed by atoms with Crippen molar-refractivity contribution < 1.29 is 0 Å². The molecule has 0 fully saturated rings. The van der Waals surface area contributed by atoms with E-state index in [9.17, 15) is 0 Å². The third-order valence-corrected chi connectivity index (χ3v) is 3.21. The molecule has 0 aliphatic rings. The Kier molecular flexibility index (Phi) is 3.95. The molecule has 1 rings (SSSR count). The molecule has 0 amide bonds. The van der Waals surface area contributed by atoms with Crippen molar-refractivity contribution >= 4 is 33.4 Å². The summed E-state index contributed by atoms with van der Waals surface area (Å²) >= 11 is 5.23. The first-order valence-electron chi connectivity index (χ1n) is 3.92. The van der Waals surface area contributed by atoms with E-state index in [1.165, 1.54) is 11.3 Å². The van der Waals surface area contributed by atoms with Crippen molar-refractivity contribution in [2.24, 2.45) is 0 Å². The molecule has 1 nitrogen and oxygen atoms in total. The molecule has 0 aromatic heterocycles. The van der Waals surface area contributed by atoms with Crippen LogP contribution in [0.3, 0.4) is 0 Å². The van der Waals surface area contributed by atoms with Gasteiger partial charge in [-0.1, -0.05) is 22.9 Å². The normalized spacial score (nSPS) is 10.2. The lowest BCUT2D eigenvalue weighted by atomic mass is 10.3. The Hall–Kier alpha value is -0.150. The Morgan fingerprint density at radius 2 is 2.25 bits per heavy atom. The average molecular weight is 246 g/mol. The summed E-state index contributed by atoms with van der Waals surface area (Å²) in [5, 5.41) is 0. The topological polar surface area (TPSA) is 26.0 Å². The molecule has 0 radical (unpaired) electrons. The summed E-state index contributed by atoms with van der Waals surface area (Å²) in [5.41, 5.74) is 6.66. The van der Waals surface area contributed by atoms with Crippen molar-refractivity contribution in [3.63, 3.8) is 0 Å². The summed E-state index contributed by atoms with van der Waals surface area (Å²) in [6.45, 7) is 2.17. The fraction of sp³-hybridized carbons (Fsp3) is 0.333. The molecule has 0 saturated heterocycles. The van der Waals surface area contributed by atoms with E-state index in [2.05, 4.69) is 28.9 Å². The number of nitrogen functional groups attached to an aromatic ring is 1. The second-order valence-electron chi connectivity index (χ2n) is 2.53. The SMILES string of the molecule is CCCSc1cc(Br)ccc1N. The first-order chi connectivity index (χ1) is 5.74. The van der Waals surface area contributed by atoms with Crippen LogP contribution in [0.2, 0.25) is 0 Å². The van der Waals surface area contributed by atoms with Gasteiger partial charge in [-0.15, -0.1) is 11.8 Å². The maximum absolute atomic E-state index is 5.79. The van der Waals surface area contributed by atoms with Gasteiger partial charge in [-0.3, -0.25) is 0 Å². The van der Waals surface area contributed by atoms with E-state index in [1.807, 2.05) is 12.1 Å². The smallest absolute Gasteiger partial charge is 0.0453 e. The van der Waals surface area contributed by atoms with Gasteiger partial charge >= 0.3 is 0 Å². The highest BCUT2D eigenvalue weighted by Crippen LogP contribution is 2.28. The Labute approximate surface area is 85.9 Å². The number of halogens is 1. The summed E-state index contributed by atoms with van der Waals surface area (Å²) in [6, 6.07) is 5.96. The molecule has 0 atom stereocenters. The van der Waals surface area contributed by atoms with Crippen LogP contribution in [0.15, 0.2) is 27.6 Å². The maximum Gasteiger partial charge on any atom is 0.0453 e. The minimum atomic E-state index is 0.872. The summed E-state index contributed by atoms with van der Waals surface area (Å²) in [4.78, 5) is 1.17. The van der Waals surface area contributed by atoms with E-state index < -0.39 is 0 Å². The molecule has 0 spiro atoms. The lowest BCUT2D eigenvalue weighted by Gasteiger charge is -2.04. The van der Waals surface area contributed by atoms with Gasteiger partial charge < -0.3 is 5.73 Å². The van der Waals surface area contributed by atoms with E-state index >= 15 is 0 Å². The van der Waals surface area contributed by atoms with Gasteiger partial charge in [-0.05, 0) is 30.4 Å². The fourth-order valence-electron chi connectivity index (χ4n) is 0.845. The third-order valence-electron chi connectivity index (χ3n) is 1.44. The predicted molar refractivity (Wildman–Crippen MR) is 59.6 cm³/mol. The molecule has 0 aliphatic heterocycles. The van der Waals surface area contributed by atoms with Gasteiger partial charge in [0.25, 0.3) is 0 Å². The van der Waals surface area contributed by atoms with Crippen molar-refractivity contribution in [2.45, 2.75) is 18.2 Å². The molecule has 0 saturated carbocycles. The van der Waals surface area contributed by atoms with E-state index in [0.29, 0.717) is 0 Å². The van der Waals surface area contributed by atoms with Crippen LogP contribution in [0.4, 0.5) is 5.69 Å². The molecule has 1 aromatic rings. The lowest BCUT2D eigenvalue weighted by molar-refractivity contribution is 1.10. The van der Waals surface area contributed by atoms with E-state index in [-0.39, 0.29) is 0 Å². The van der Waals surface area contributed by atoms with Gasteiger partial charge in [0.05, 0.1) is 0 Å². The Morgan fingerprint density at radius 1 is 1.50 bits per heavy atom. The molecule has 1 aromatic carbocycles. The third kappa shape index (κ3) is 2.72. The zero-order valence-corrected chi connectivity index (χ0v) is 9.41. The Bertz CT molecular complexity index is 263. The van der Waals surface area contributed by atoms with Crippen molar-refractivity contribution in [1.82, 2.24) is 0 Å². The number of benzene rings is 1. The number of hydrogen-bond donors (Lipinski definition) is 1. The molecule has 0 aliphatic carbocycles. The van der Waals surface area contributed by atoms with E-state index in [1.54, 1.807) is 11.8 Å². The highest BCUT2D eigenvalue weighted by Gasteiger charge is 1.99. The number of nitrogens with two attached hydrogens (primary N) is 1. The van der Waals surface area contributed by atoms with Crippen LogP contribution in [0.5, 0.6) is 0 Å². The molecule has 0 bridgehead atoms. The maximum atomic E-state index is 5.79. The number of anilines is 1. The molecule has 0 unspecified atom stereocenters. The van der Waals surface area contributed by atoms with Gasteiger partial charge in [-0.25, -0.2) is 0 Å². The summed E-state index contributed by atoms with van der Waals surface area (Å²) in [6.07, 6.45) is 1.18. The zero-order chi connectivity index (χ0) is 8.97. The second-order valence-corrected chi connectivity index (χ2v) is 4.58.